The molecule has 0 aromatic carbocycles. The van der Waals surface area contributed by atoms with Gasteiger partial charge in [0.05, 0.1) is 0 Å². The van der Waals surface area contributed by atoms with Crippen LogP contribution in [0, 0.1) is 5.92 Å². The molecule has 2 saturated heterocycles. The minimum atomic E-state index is -0.423. The predicted molar refractivity (Wildman–Crippen MR) is 95.8 cm³/mol. The maximum absolute atomic E-state index is 12.2. The standard InChI is InChI=1S/C18H27N3O2S/c22-17(18(23)21-7-3-1-2-4-8-21)19-11-15-5-9-20(12-15)13-16-6-10-24-14-16/h6,10,14-15H,1-5,7-9,11-13H2,(H,19,22)/t15-/m1/s1. The van der Waals surface area contributed by atoms with Gasteiger partial charge < -0.3 is 10.2 Å². The fourth-order valence-electron chi connectivity index (χ4n) is 3.59. The van der Waals surface area contributed by atoms with Gasteiger partial charge in [-0.1, -0.05) is 12.8 Å². The van der Waals surface area contributed by atoms with Crippen LogP contribution >= 0.6 is 11.3 Å². The molecule has 2 aliphatic heterocycles. The zero-order chi connectivity index (χ0) is 16.8. The minimum absolute atomic E-state index is 0.343. The first-order valence-electron chi connectivity index (χ1n) is 9.03. The van der Waals surface area contributed by atoms with Gasteiger partial charge in [0.2, 0.25) is 0 Å². The smallest absolute Gasteiger partial charge is 0.311 e. The summed E-state index contributed by atoms with van der Waals surface area (Å²) in [6.07, 6.45) is 5.43. The van der Waals surface area contributed by atoms with Gasteiger partial charge in [0.15, 0.2) is 0 Å². The van der Waals surface area contributed by atoms with Crippen molar-refractivity contribution in [2.45, 2.75) is 38.6 Å². The minimum Gasteiger partial charge on any atom is -0.348 e. The molecule has 1 aromatic heterocycles. The van der Waals surface area contributed by atoms with Crippen molar-refractivity contribution in [1.82, 2.24) is 15.1 Å². The number of rotatable bonds is 4. The molecule has 0 saturated carbocycles. The Bertz CT molecular complexity index is 538. The quantitative estimate of drug-likeness (QED) is 0.847. The van der Waals surface area contributed by atoms with Crippen molar-refractivity contribution >= 4 is 23.2 Å². The van der Waals surface area contributed by atoms with Gasteiger partial charge in [-0.25, -0.2) is 0 Å². The topological polar surface area (TPSA) is 52.7 Å². The highest BCUT2D eigenvalue weighted by Crippen LogP contribution is 2.19. The van der Waals surface area contributed by atoms with Crippen molar-refractivity contribution in [2.75, 3.05) is 32.7 Å². The highest BCUT2D eigenvalue weighted by atomic mass is 32.1. The van der Waals surface area contributed by atoms with Crippen LogP contribution in [0.3, 0.4) is 0 Å². The summed E-state index contributed by atoms with van der Waals surface area (Å²) in [6.45, 7) is 5.11. The summed E-state index contributed by atoms with van der Waals surface area (Å²) in [6, 6.07) is 2.17. The summed E-state index contributed by atoms with van der Waals surface area (Å²) in [4.78, 5) is 28.5. The average molecular weight is 350 g/mol. The van der Waals surface area contributed by atoms with Crippen molar-refractivity contribution in [1.29, 1.82) is 0 Å². The molecule has 3 rings (SSSR count). The third-order valence-electron chi connectivity index (χ3n) is 5.00. The van der Waals surface area contributed by atoms with E-state index < -0.39 is 5.91 Å². The van der Waals surface area contributed by atoms with E-state index in [0.717, 1.165) is 64.8 Å². The highest BCUT2D eigenvalue weighted by molar-refractivity contribution is 7.07. The maximum Gasteiger partial charge on any atom is 0.311 e. The normalized spacial score (nSPS) is 22.3. The summed E-state index contributed by atoms with van der Waals surface area (Å²) in [7, 11) is 0. The first-order valence-corrected chi connectivity index (χ1v) is 9.97. The molecule has 1 atom stereocenters. The van der Waals surface area contributed by atoms with Gasteiger partial charge in [0.1, 0.15) is 0 Å². The number of hydrogen-bond acceptors (Lipinski definition) is 4. The Morgan fingerprint density at radius 1 is 1.17 bits per heavy atom. The van der Waals surface area contributed by atoms with E-state index in [1.54, 1.807) is 16.2 Å². The lowest BCUT2D eigenvalue weighted by atomic mass is 10.1. The Hall–Kier alpha value is -1.40. The SMILES string of the molecule is O=C(NC[C@H]1CCN(Cc2ccsc2)C1)C(=O)N1CCCCCC1. The highest BCUT2D eigenvalue weighted by Gasteiger charge is 2.26. The Balaban J connectivity index is 1.39. The Kier molecular flexibility index (Phi) is 6.26. The van der Waals surface area contributed by atoms with Gasteiger partial charge in [-0.05, 0) is 54.1 Å². The molecule has 2 amide bonds. The molecule has 0 unspecified atom stereocenters. The van der Waals surface area contributed by atoms with Crippen molar-refractivity contribution in [3.8, 4) is 0 Å². The van der Waals surface area contributed by atoms with E-state index in [1.165, 1.54) is 5.56 Å². The van der Waals surface area contributed by atoms with Crippen LogP contribution < -0.4 is 5.32 Å². The van der Waals surface area contributed by atoms with Crippen LogP contribution in [-0.4, -0.2) is 54.3 Å². The number of likely N-dealkylation sites (tertiary alicyclic amines) is 2. The van der Waals surface area contributed by atoms with E-state index in [9.17, 15) is 9.59 Å². The second-order valence-corrected chi connectivity index (χ2v) is 7.72. The molecule has 1 aromatic rings. The van der Waals surface area contributed by atoms with Crippen molar-refractivity contribution in [3.05, 3.63) is 22.4 Å². The average Bonchev–Trinajstić information content (AvgIpc) is 3.18. The van der Waals surface area contributed by atoms with E-state index in [0.29, 0.717) is 12.5 Å². The van der Waals surface area contributed by atoms with Crippen LogP contribution in [-0.2, 0) is 16.1 Å². The molecular weight excluding hydrogens is 322 g/mol. The van der Waals surface area contributed by atoms with Crippen molar-refractivity contribution in [3.63, 3.8) is 0 Å². The van der Waals surface area contributed by atoms with Crippen LogP contribution in [0.1, 0.15) is 37.7 Å². The molecule has 3 heterocycles. The van der Waals surface area contributed by atoms with E-state index >= 15 is 0 Å². The number of carbonyl (C=O) groups excluding carboxylic acids is 2. The molecule has 132 valence electrons. The van der Waals surface area contributed by atoms with Crippen LogP contribution in [0.25, 0.3) is 0 Å². The molecule has 24 heavy (non-hydrogen) atoms. The fraction of sp³-hybridized carbons (Fsp3) is 0.667. The zero-order valence-corrected chi connectivity index (χ0v) is 15.0. The van der Waals surface area contributed by atoms with Gasteiger partial charge in [-0.2, -0.15) is 11.3 Å². The third kappa shape index (κ3) is 4.80. The Morgan fingerprint density at radius 3 is 2.67 bits per heavy atom. The number of carbonyl (C=O) groups is 2. The second-order valence-electron chi connectivity index (χ2n) is 6.94. The predicted octanol–water partition coefficient (Wildman–Crippen LogP) is 2.09. The molecule has 5 nitrogen and oxygen atoms in total. The van der Waals surface area contributed by atoms with E-state index in [2.05, 4.69) is 27.0 Å². The van der Waals surface area contributed by atoms with Gasteiger partial charge in [0.25, 0.3) is 0 Å². The zero-order valence-electron chi connectivity index (χ0n) is 14.2. The lowest BCUT2D eigenvalue weighted by molar-refractivity contribution is -0.145. The molecule has 0 radical (unpaired) electrons. The molecule has 2 aliphatic rings. The van der Waals surface area contributed by atoms with Crippen molar-refractivity contribution < 1.29 is 9.59 Å². The molecule has 2 fully saturated rings. The fourth-order valence-corrected chi connectivity index (χ4v) is 4.25. The first kappa shape index (κ1) is 17.4. The number of thiophene rings is 1. The Labute approximate surface area is 148 Å². The van der Waals surface area contributed by atoms with E-state index in [4.69, 9.17) is 0 Å². The van der Waals surface area contributed by atoms with E-state index in [1.807, 2.05) is 0 Å². The van der Waals surface area contributed by atoms with Crippen LogP contribution in [0.2, 0.25) is 0 Å². The monoisotopic (exact) mass is 349 g/mol. The number of hydrogen-bond donors (Lipinski definition) is 1. The number of amides is 2. The van der Waals surface area contributed by atoms with Crippen LogP contribution in [0.15, 0.2) is 16.8 Å². The number of nitrogens with zero attached hydrogens (tertiary/aromatic N) is 2. The second kappa shape index (κ2) is 8.62. The summed E-state index contributed by atoms with van der Waals surface area (Å²) < 4.78 is 0. The molecule has 6 heteroatoms. The molecule has 0 bridgehead atoms. The first-order chi connectivity index (χ1) is 11.7. The largest absolute Gasteiger partial charge is 0.348 e. The van der Waals surface area contributed by atoms with Gasteiger partial charge in [-0.15, -0.1) is 0 Å². The molecular formula is C18H27N3O2S. The summed E-state index contributed by atoms with van der Waals surface area (Å²) in [5, 5.41) is 7.16. The van der Waals surface area contributed by atoms with Crippen molar-refractivity contribution in [2.24, 2.45) is 5.92 Å². The van der Waals surface area contributed by atoms with Gasteiger partial charge >= 0.3 is 11.8 Å². The van der Waals surface area contributed by atoms with Gasteiger partial charge in [-0.3, -0.25) is 14.5 Å². The molecule has 1 N–H and O–H groups in total. The summed E-state index contributed by atoms with van der Waals surface area (Å²) in [5.41, 5.74) is 1.36. The van der Waals surface area contributed by atoms with E-state index in [-0.39, 0.29) is 5.91 Å². The maximum atomic E-state index is 12.2. The summed E-state index contributed by atoms with van der Waals surface area (Å²) in [5.74, 6) is -0.317. The lowest BCUT2D eigenvalue weighted by Gasteiger charge is -2.20. The summed E-state index contributed by atoms with van der Waals surface area (Å²) >= 11 is 1.73. The third-order valence-corrected chi connectivity index (χ3v) is 5.73. The van der Waals surface area contributed by atoms with Crippen LogP contribution in [0.4, 0.5) is 0 Å². The Morgan fingerprint density at radius 2 is 1.96 bits per heavy atom. The van der Waals surface area contributed by atoms with Crippen LogP contribution in [0.5, 0.6) is 0 Å². The molecule has 0 aliphatic carbocycles. The lowest BCUT2D eigenvalue weighted by Crippen LogP contribution is -2.44. The number of nitrogens with one attached hydrogen (secondary N) is 1. The molecule has 0 spiro atoms. The van der Waals surface area contributed by atoms with Gasteiger partial charge in [0, 0.05) is 32.7 Å².